The molecule has 0 saturated carbocycles. The highest BCUT2D eigenvalue weighted by molar-refractivity contribution is 7.92. The number of nitrogens with two attached hydrogens (primary N) is 1. The van der Waals surface area contributed by atoms with Crippen molar-refractivity contribution in [2.75, 3.05) is 17.1 Å². The molecule has 0 atom stereocenters. The van der Waals surface area contributed by atoms with E-state index in [1.54, 1.807) is 30.3 Å². The normalized spacial score (nSPS) is 11.3. The average molecular weight is 277 g/mol. The third-order valence-electron chi connectivity index (χ3n) is 2.85. The Morgan fingerprint density at radius 3 is 2.37 bits per heavy atom. The largest absolute Gasteiger partial charge is 0.396 e. The lowest BCUT2D eigenvalue weighted by atomic mass is 10.2. The van der Waals surface area contributed by atoms with Gasteiger partial charge in [-0.1, -0.05) is 17.7 Å². The van der Waals surface area contributed by atoms with Gasteiger partial charge in [0, 0.05) is 13.2 Å². The van der Waals surface area contributed by atoms with Crippen LogP contribution in [0.1, 0.15) is 5.56 Å². The van der Waals surface area contributed by atoms with Gasteiger partial charge in [-0.3, -0.25) is 9.29 Å². The summed E-state index contributed by atoms with van der Waals surface area (Å²) in [5.41, 5.74) is 7.49. The minimum absolute atomic E-state index is 0.233. The van der Waals surface area contributed by atoms with Gasteiger partial charge >= 0.3 is 0 Å². The molecule has 19 heavy (non-hydrogen) atoms. The number of sulfonamides is 1. The SMILES string of the molecule is Cc1ccc(S(=O)(=O)N(C)c2ccncc2N)cc1. The molecule has 0 aliphatic rings. The Balaban J connectivity index is 2.45. The van der Waals surface area contributed by atoms with Crippen molar-refractivity contribution in [3.05, 3.63) is 48.3 Å². The molecule has 1 heterocycles. The minimum atomic E-state index is -3.61. The molecule has 5 nitrogen and oxygen atoms in total. The summed E-state index contributed by atoms with van der Waals surface area (Å²) in [5, 5.41) is 0. The van der Waals surface area contributed by atoms with Crippen molar-refractivity contribution in [2.45, 2.75) is 11.8 Å². The third-order valence-corrected chi connectivity index (χ3v) is 4.63. The lowest BCUT2D eigenvalue weighted by Gasteiger charge is -2.20. The quantitative estimate of drug-likeness (QED) is 0.928. The van der Waals surface area contributed by atoms with E-state index in [1.807, 2.05) is 6.92 Å². The van der Waals surface area contributed by atoms with Crippen LogP contribution in [0.3, 0.4) is 0 Å². The molecule has 0 radical (unpaired) electrons. The van der Waals surface area contributed by atoms with Gasteiger partial charge < -0.3 is 5.73 Å². The maximum absolute atomic E-state index is 12.4. The summed E-state index contributed by atoms with van der Waals surface area (Å²) >= 11 is 0. The van der Waals surface area contributed by atoms with Crippen molar-refractivity contribution in [2.24, 2.45) is 0 Å². The fourth-order valence-electron chi connectivity index (χ4n) is 1.68. The number of nitrogens with zero attached hydrogens (tertiary/aromatic N) is 2. The van der Waals surface area contributed by atoms with Crippen LogP contribution >= 0.6 is 0 Å². The second-order valence-electron chi connectivity index (χ2n) is 4.22. The summed E-state index contributed by atoms with van der Waals surface area (Å²) in [6, 6.07) is 8.26. The number of hydrogen-bond donors (Lipinski definition) is 1. The van der Waals surface area contributed by atoms with E-state index in [1.165, 1.54) is 19.4 Å². The first-order valence-electron chi connectivity index (χ1n) is 5.68. The average Bonchev–Trinajstić information content (AvgIpc) is 2.39. The predicted octanol–water partition coefficient (Wildman–Crippen LogP) is 1.80. The molecule has 0 aliphatic heterocycles. The molecule has 0 unspecified atom stereocenters. The molecule has 2 N–H and O–H groups in total. The van der Waals surface area contributed by atoms with Crippen molar-refractivity contribution >= 4 is 21.4 Å². The summed E-state index contributed by atoms with van der Waals surface area (Å²) in [5.74, 6) is 0. The van der Waals surface area contributed by atoms with E-state index in [4.69, 9.17) is 5.73 Å². The Labute approximate surface area is 112 Å². The van der Waals surface area contributed by atoms with Gasteiger partial charge in [-0.25, -0.2) is 8.42 Å². The van der Waals surface area contributed by atoms with E-state index in [0.29, 0.717) is 11.4 Å². The number of benzene rings is 1. The highest BCUT2D eigenvalue weighted by Crippen LogP contribution is 2.26. The van der Waals surface area contributed by atoms with Crippen molar-refractivity contribution in [1.82, 2.24) is 4.98 Å². The highest BCUT2D eigenvalue weighted by atomic mass is 32.2. The van der Waals surface area contributed by atoms with Gasteiger partial charge in [0.1, 0.15) is 0 Å². The molecule has 0 saturated heterocycles. The summed E-state index contributed by atoms with van der Waals surface area (Å²) < 4.78 is 26.1. The van der Waals surface area contributed by atoms with Gasteiger partial charge in [-0.15, -0.1) is 0 Å². The number of rotatable bonds is 3. The number of anilines is 2. The maximum Gasteiger partial charge on any atom is 0.264 e. The predicted molar refractivity (Wildman–Crippen MR) is 75.4 cm³/mol. The van der Waals surface area contributed by atoms with Crippen molar-refractivity contribution in [3.63, 3.8) is 0 Å². The zero-order valence-electron chi connectivity index (χ0n) is 10.7. The first kappa shape index (κ1) is 13.4. The number of aromatic nitrogens is 1. The Morgan fingerprint density at radius 2 is 1.79 bits per heavy atom. The molecular weight excluding hydrogens is 262 g/mol. The van der Waals surface area contributed by atoms with Crippen LogP contribution in [0.15, 0.2) is 47.6 Å². The molecule has 0 bridgehead atoms. The van der Waals surface area contributed by atoms with Crippen molar-refractivity contribution < 1.29 is 8.42 Å². The van der Waals surface area contributed by atoms with E-state index in [9.17, 15) is 8.42 Å². The minimum Gasteiger partial charge on any atom is -0.396 e. The van der Waals surface area contributed by atoms with E-state index in [0.717, 1.165) is 9.87 Å². The molecule has 0 fully saturated rings. The fraction of sp³-hybridized carbons (Fsp3) is 0.154. The summed E-state index contributed by atoms with van der Waals surface area (Å²) in [6.45, 7) is 1.90. The lowest BCUT2D eigenvalue weighted by Crippen LogP contribution is -2.27. The maximum atomic E-state index is 12.4. The van der Waals surface area contributed by atoms with Crippen LogP contribution in [0, 0.1) is 6.92 Å². The Bertz CT molecular complexity index is 681. The molecule has 0 amide bonds. The van der Waals surface area contributed by atoms with Crippen LogP contribution in [0.5, 0.6) is 0 Å². The molecule has 0 aliphatic carbocycles. The fourth-order valence-corrected chi connectivity index (χ4v) is 2.91. The molecule has 1 aromatic heterocycles. The Hall–Kier alpha value is -2.08. The van der Waals surface area contributed by atoms with Crippen LogP contribution in [0.25, 0.3) is 0 Å². The van der Waals surface area contributed by atoms with Crippen LogP contribution in [0.4, 0.5) is 11.4 Å². The van der Waals surface area contributed by atoms with Gasteiger partial charge in [0.15, 0.2) is 0 Å². The zero-order valence-corrected chi connectivity index (χ0v) is 11.6. The molecule has 6 heteroatoms. The van der Waals surface area contributed by atoms with E-state index < -0.39 is 10.0 Å². The topological polar surface area (TPSA) is 76.3 Å². The van der Waals surface area contributed by atoms with E-state index in [2.05, 4.69) is 4.98 Å². The standard InChI is InChI=1S/C13H15N3O2S/c1-10-3-5-11(6-4-10)19(17,18)16(2)13-7-8-15-9-12(13)14/h3-9H,14H2,1-2H3. The van der Waals surface area contributed by atoms with Crippen LogP contribution in [-0.2, 0) is 10.0 Å². The molecule has 2 rings (SSSR count). The van der Waals surface area contributed by atoms with Crippen LogP contribution in [0.2, 0.25) is 0 Å². The van der Waals surface area contributed by atoms with Crippen LogP contribution in [-0.4, -0.2) is 20.4 Å². The third kappa shape index (κ3) is 2.53. The number of nitrogen functional groups attached to an aromatic ring is 1. The molecule has 1 aromatic carbocycles. The van der Waals surface area contributed by atoms with Crippen molar-refractivity contribution in [3.8, 4) is 0 Å². The number of aryl methyl sites for hydroxylation is 1. The molecule has 100 valence electrons. The second-order valence-corrected chi connectivity index (χ2v) is 6.19. The monoisotopic (exact) mass is 277 g/mol. The smallest absolute Gasteiger partial charge is 0.264 e. The van der Waals surface area contributed by atoms with Gasteiger partial charge in [-0.2, -0.15) is 0 Å². The lowest BCUT2D eigenvalue weighted by molar-refractivity contribution is 0.594. The summed E-state index contributed by atoms with van der Waals surface area (Å²) in [6.07, 6.45) is 2.93. The van der Waals surface area contributed by atoms with Gasteiger partial charge in [0.25, 0.3) is 10.0 Å². The van der Waals surface area contributed by atoms with Gasteiger partial charge in [0.2, 0.25) is 0 Å². The first-order valence-corrected chi connectivity index (χ1v) is 7.12. The second kappa shape index (κ2) is 4.89. The Kier molecular flexibility index (Phi) is 3.44. The van der Waals surface area contributed by atoms with Gasteiger partial charge in [0.05, 0.1) is 22.5 Å². The van der Waals surface area contributed by atoms with Crippen LogP contribution < -0.4 is 10.0 Å². The van der Waals surface area contributed by atoms with E-state index in [-0.39, 0.29) is 4.90 Å². The number of pyridine rings is 1. The van der Waals surface area contributed by atoms with E-state index >= 15 is 0 Å². The first-order chi connectivity index (χ1) is 8.93. The number of hydrogen-bond acceptors (Lipinski definition) is 4. The highest BCUT2D eigenvalue weighted by Gasteiger charge is 2.22. The summed E-state index contributed by atoms with van der Waals surface area (Å²) in [7, 11) is -2.13. The molecular formula is C13H15N3O2S. The summed E-state index contributed by atoms with van der Waals surface area (Å²) in [4.78, 5) is 4.08. The molecule has 2 aromatic rings. The Morgan fingerprint density at radius 1 is 1.16 bits per heavy atom. The van der Waals surface area contributed by atoms with Crippen molar-refractivity contribution in [1.29, 1.82) is 0 Å². The molecule has 0 spiro atoms. The van der Waals surface area contributed by atoms with Gasteiger partial charge in [-0.05, 0) is 25.1 Å². The zero-order chi connectivity index (χ0) is 14.0.